The number of benzene rings is 1. The molecular weight excluding hydrogens is 346 g/mol. The Kier molecular flexibility index (Phi) is 5.73. The monoisotopic (exact) mass is 363 g/mol. The van der Waals surface area contributed by atoms with Gasteiger partial charge < -0.3 is 5.11 Å². The first-order chi connectivity index (χ1) is 9.15. The summed E-state index contributed by atoms with van der Waals surface area (Å²) in [5.41, 5.74) is -0.0644. The van der Waals surface area contributed by atoms with E-state index in [1.807, 2.05) is 20.8 Å². The third kappa shape index (κ3) is 4.29. The highest BCUT2D eigenvalue weighted by atomic mass is 79.9. The van der Waals surface area contributed by atoms with Gasteiger partial charge in [0.15, 0.2) is 0 Å². The number of halogens is 1. The number of hydrogen-bond acceptors (Lipinski definition) is 3. The van der Waals surface area contributed by atoms with E-state index in [1.165, 1.54) is 12.1 Å². The van der Waals surface area contributed by atoms with Gasteiger partial charge in [0.05, 0.1) is 10.5 Å². The van der Waals surface area contributed by atoms with Crippen molar-refractivity contribution in [3.8, 4) is 0 Å². The Labute approximate surface area is 127 Å². The van der Waals surface area contributed by atoms with Crippen LogP contribution in [-0.4, -0.2) is 26.0 Å². The van der Waals surface area contributed by atoms with E-state index in [4.69, 9.17) is 5.11 Å². The van der Waals surface area contributed by atoms with E-state index in [2.05, 4.69) is 20.7 Å². The van der Waals surface area contributed by atoms with Crippen molar-refractivity contribution >= 4 is 31.9 Å². The second kappa shape index (κ2) is 6.69. The molecule has 1 aromatic carbocycles. The first kappa shape index (κ1) is 17.1. The van der Waals surface area contributed by atoms with Gasteiger partial charge in [0.25, 0.3) is 0 Å². The summed E-state index contributed by atoms with van der Waals surface area (Å²) in [6.45, 7) is 6.29. The molecule has 0 aliphatic carbocycles. The van der Waals surface area contributed by atoms with Gasteiger partial charge in [0.1, 0.15) is 0 Å². The van der Waals surface area contributed by atoms with Crippen LogP contribution in [0.4, 0.5) is 0 Å². The van der Waals surface area contributed by atoms with Crippen LogP contribution in [0.2, 0.25) is 0 Å². The average molecular weight is 364 g/mol. The highest BCUT2D eigenvalue weighted by molar-refractivity contribution is 9.10. The summed E-state index contributed by atoms with van der Waals surface area (Å²) in [5.74, 6) is -0.623. The van der Waals surface area contributed by atoms with Crippen molar-refractivity contribution < 1.29 is 18.3 Å². The normalized spacial score (nSPS) is 13.4. The fraction of sp³-hybridized carbons (Fsp3) is 0.462. The molecular formula is C13H18BrNO4S. The van der Waals surface area contributed by atoms with Crippen molar-refractivity contribution in [1.82, 2.24) is 4.72 Å². The molecule has 0 radical (unpaired) electrons. The number of rotatable bonds is 6. The number of nitrogens with one attached hydrogen (secondary N) is 1. The zero-order valence-corrected chi connectivity index (χ0v) is 14.0. The lowest BCUT2D eigenvalue weighted by molar-refractivity contribution is 0.0696. The van der Waals surface area contributed by atoms with E-state index in [1.54, 1.807) is 0 Å². The maximum atomic E-state index is 12.2. The second-order valence-corrected chi connectivity index (χ2v) is 7.61. The Morgan fingerprint density at radius 1 is 1.35 bits per heavy atom. The molecule has 5 nitrogen and oxygen atoms in total. The van der Waals surface area contributed by atoms with Crippen LogP contribution >= 0.6 is 15.9 Å². The van der Waals surface area contributed by atoms with Crippen molar-refractivity contribution in [2.45, 2.75) is 25.7 Å². The lowest BCUT2D eigenvalue weighted by Crippen LogP contribution is -2.30. The SMILES string of the molecule is CC(C)C(C)CNS(=O)(=O)c1cc(C(=O)O)ccc1Br. The van der Waals surface area contributed by atoms with Crippen molar-refractivity contribution in [1.29, 1.82) is 0 Å². The molecule has 0 bridgehead atoms. The molecule has 0 saturated heterocycles. The van der Waals surface area contributed by atoms with E-state index in [-0.39, 0.29) is 16.4 Å². The molecule has 1 atom stereocenters. The standard InChI is InChI=1S/C13H18BrNO4S/c1-8(2)9(3)7-15-20(18,19)12-6-10(13(16)17)4-5-11(12)14/h4-6,8-9,15H,7H2,1-3H3,(H,16,17). The predicted molar refractivity (Wildman–Crippen MR) is 80.3 cm³/mol. The Bertz CT molecular complexity index is 598. The molecule has 2 N–H and O–H groups in total. The Balaban J connectivity index is 3.03. The predicted octanol–water partition coefficient (Wildman–Crippen LogP) is 2.72. The zero-order chi connectivity index (χ0) is 15.5. The number of hydrogen-bond donors (Lipinski definition) is 2. The summed E-state index contributed by atoms with van der Waals surface area (Å²) in [6.07, 6.45) is 0. The van der Waals surface area contributed by atoms with Crippen LogP contribution in [0, 0.1) is 11.8 Å². The fourth-order valence-corrected chi connectivity index (χ4v) is 3.53. The summed E-state index contributed by atoms with van der Waals surface area (Å²) in [7, 11) is -3.74. The van der Waals surface area contributed by atoms with Crippen LogP contribution in [0.5, 0.6) is 0 Å². The van der Waals surface area contributed by atoms with Crippen molar-refractivity contribution in [3.63, 3.8) is 0 Å². The minimum Gasteiger partial charge on any atom is -0.478 e. The largest absolute Gasteiger partial charge is 0.478 e. The minimum absolute atomic E-state index is 0.0617. The van der Waals surface area contributed by atoms with Crippen LogP contribution in [0.15, 0.2) is 27.6 Å². The molecule has 1 unspecified atom stereocenters. The van der Waals surface area contributed by atoms with Gasteiger partial charge in [-0.2, -0.15) is 0 Å². The second-order valence-electron chi connectivity index (χ2n) is 5.02. The third-order valence-electron chi connectivity index (χ3n) is 3.20. The van der Waals surface area contributed by atoms with Gasteiger partial charge in [-0.05, 0) is 46.0 Å². The Hall–Kier alpha value is -0.920. The molecule has 0 amide bonds. The number of sulfonamides is 1. The summed E-state index contributed by atoms with van der Waals surface area (Å²) in [6, 6.07) is 3.92. The van der Waals surface area contributed by atoms with Gasteiger partial charge in [-0.1, -0.05) is 20.8 Å². The molecule has 20 heavy (non-hydrogen) atoms. The molecule has 0 aliphatic rings. The summed E-state index contributed by atoms with van der Waals surface area (Å²) < 4.78 is 27.3. The van der Waals surface area contributed by atoms with Gasteiger partial charge in [-0.25, -0.2) is 17.9 Å². The number of carbonyl (C=O) groups is 1. The van der Waals surface area contributed by atoms with Gasteiger partial charge in [-0.15, -0.1) is 0 Å². The van der Waals surface area contributed by atoms with Crippen LogP contribution in [0.1, 0.15) is 31.1 Å². The van der Waals surface area contributed by atoms with E-state index in [9.17, 15) is 13.2 Å². The smallest absolute Gasteiger partial charge is 0.335 e. The molecule has 0 aliphatic heterocycles. The van der Waals surface area contributed by atoms with Crippen molar-refractivity contribution in [3.05, 3.63) is 28.2 Å². The van der Waals surface area contributed by atoms with Gasteiger partial charge in [-0.3, -0.25) is 0 Å². The van der Waals surface area contributed by atoms with Crippen molar-refractivity contribution in [2.24, 2.45) is 11.8 Å². The molecule has 0 fully saturated rings. The Morgan fingerprint density at radius 2 is 1.95 bits per heavy atom. The van der Waals surface area contributed by atoms with Gasteiger partial charge in [0, 0.05) is 11.0 Å². The molecule has 0 aromatic heterocycles. The number of carboxylic acid groups (broad SMARTS) is 1. The Morgan fingerprint density at radius 3 is 2.45 bits per heavy atom. The molecule has 0 saturated carbocycles. The fourth-order valence-electron chi connectivity index (χ4n) is 1.40. The lowest BCUT2D eigenvalue weighted by Gasteiger charge is -2.16. The lowest BCUT2D eigenvalue weighted by atomic mass is 9.99. The average Bonchev–Trinajstić information content (AvgIpc) is 2.35. The van der Waals surface area contributed by atoms with Crippen LogP contribution < -0.4 is 4.72 Å². The van der Waals surface area contributed by atoms with Crippen LogP contribution in [0.25, 0.3) is 0 Å². The molecule has 0 spiro atoms. The van der Waals surface area contributed by atoms with E-state index in [0.29, 0.717) is 16.9 Å². The van der Waals surface area contributed by atoms with E-state index < -0.39 is 16.0 Å². The molecule has 1 rings (SSSR count). The highest BCUT2D eigenvalue weighted by Crippen LogP contribution is 2.23. The van der Waals surface area contributed by atoms with Gasteiger partial charge >= 0.3 is 5.97 Å². The van der Waals surface area contributed by atoms with Crippen molar-refractivity contribution in [2.75, 3.05) is 6.54 Å². The quantitative estimate of drug-likeness (QED) is 0.813. The highest BCUT2D eigenvalue weighted by Gasteiger charge is 2.21. The first-order valence-corrected chi connectivity index (χ1v) is 8.45. The third-order valence-corrected chi connectivity index (χ3v) is 5.62. The van der Waals surface area contributed by atoms with E-state index >= 15 is 0 Å². The molecule has 0 heterocycles. The molecule has 7 heteroatoms. The molecule has 112 valence electrons. The zero-order valence-electron chi connectivity index (χ0n) is 11.6. The summed E-state index contributed by atoms with van der Waals surface area (Å²) >= 11 is 3.14. The first-order valence-electron chi connectivity index (χ1n) is 6.17. The number of aromatic carboxylic acids is 1. The molecule has 1 aromatic rings. The number of carboxylic acids is 1. The van der Waals surface area contributed by atoms with Crippen LogP contribution in [-0.2, 0) is 10.0 Å². The maximum Gasteiger partial charge on any atom is 0.335 e. The summed E-state index contributed by atoms with van der Waals surface area (Å²) in [5, 5.41) is 8.93. The maximum absolute atomic E-state index is 12.2. The summed E-state index contributed by atoms with van der Waals surface area (Å²) in [4.78, 5) is 10.9. The van der Waals surface area contributed by atoms with Crippen LogP contribution in [0.3, 0.4) is 0 Å². The topological polar surface area (TPSA) is 83.5 Å². The van der Waals surface area contributed by atoms with Gasteiger partial charge in [0.2, 0.25) is 10.0 Å². The minimum atomic E-state index is -3.74. The van der Waals surface area contributed by atoms with E-state index in [0.717, 1.165) is 6.07 Å².